The maximum Gasteiger partial charge on any atom is 0.227 e. The van der Waals surface area contributed by atoms with Gasteiger partial charge in [-0.3, -0.25) is 9.59 Å². The molecule has 192 valence electrons. The van der Waals surface area contributed by atoms with E-state index >= 15 is 0 Å². The average Bonchev–Trinajstić information content (AvgIpc) is 3.32. The second kappa shape index (κ2) is 13.0. The van der Waals surface area contributed by atoms with Gasteiger partial charge in [0, 0.05) is 31.5 Å². The second-order valence-corrected chi connectivity index (χ2v) is 9.97. The Morgan fingerprint density at radius 2 is 1.72 bits per heavy atom. The highest BCUT2D eigenvalue weighted by atomic mass is 32.1. The number of ether oxygens (including phenoxy) is 2. The summed E-state index contributed by atoms with van der Waals surface area (Å²) in [7, 11) is 3.19. The van der Waals surface area contributed by atoms with E-state index in [-0.39, 0.29) is 24.2 Å². The topological polar surface area (TPSA) is 93.6 Å². The number of aromatic nitrogens is 2. The summed E-state index contributed by atoms with van der Waals surface area (Å²) in [6, 6.07) is 13.7. The van der Waals surface area contributed by atoms with Gasteiger partial charge in [0.1, 0.15) is 5.01 Å². The summed E-state index contributed by atoms with van der Waals surface area (Å²) in [6.45, 7) is 6.88. The number of aryl methyl sites for hydroxylation is 1. The Hall–Kier alpha value is -3.46. The number of anilines is 1. The van der Waals surface area contributed by atoms with Gasteiger partial charge in [-0.15, -0.1) is 10.2 Å². The largest absolute Gasteiger partial charge is 0.493 e. The summed E-state index contributed by atoms with van der Waals surface area (Å²) in [5.41, 5.74) is 3.15. The van der Waals surface area contributed by atoms with E-state index in [2.05, 4.69) is 15.5 Å². The lowest BCUT2D eigenvalue weighted by Crippen LogP contribution is -2.36. The van der Waals surface area contributed by atoms with Crippen LogP contribution >= 0.6 is 11.3 Å². The van der Waals surface area contributed by atoms with Crippen LogP contribution in [0.15, 0.2) is 42.5 Å². The summed E-state index contributed by atoms with van der Waals surface area (Å²) < 4.78 is 10.7. The van der Waals surface area contributed by atoms with Gasteiger partial charge in [-0.2, -0.15) is 0 Å². The van der Waals surface area contributed by atoms with E-state index in [1.54, 1.807) is 19.1 Å². The molecule has 1 N–H and O–H groups in total. The molecule has 2 amide bonds. The zero-order chi connectivity index (χ0) is 26.1. The Bertz CT molecular complexity index is 1160. The van der Waals surface area contributed by atoms with E-state index in [1.807, 2.05) is 63.2 Å². The first kappa shape index (κ1) is 27.1. The van der Waals surface area contributed by atoms with Crippen molar-refractivity contribution in [2.75, 3.05) is 32.6 Å². The summed E-state index contributed by atoms with van der Waals surface area (Å²) in [5.74, 6) is 1.38. The Balaban J connectivity index is 1.59. The predicted molar refractivity (Wildman–Crippen MR) is 143 cm³/mol. The highest BCUT2D eigenvalue weighted by molar-refractivity contribution is 7.18. The number of carbonyl (C=O) groups excluding carboxylic acids is 2. The van der Waals surface area contributed by atoms with E-state index in [9.17, 15) is 9.59 Å². The van der Waals surface area contributed by atoms with Gasteiger partial charge in [0.15, 0.2) is 11.5 Å². The van der Waals surface area contributed by atoms with Crippen molar-refractivity contribution >= 4 is 28.3 Å². The van der Waals surface area contributed by atoms with Crippen LogP contribution in [0.4, 0.5) is 5.13 Å². The molecule has 0 aliphatic rings. The first-order valence-electron chi connectivity index (χ1n) is 12.0. The van der Waals surface area contributed by atoms with E-state index in [0.29, 0.717) is 42.6 Å². The molecule has 1 aromatic heterocycles. The smallest absolute Gasteiger partial charge is 0.227 e. The summed E-state index contributed by atoms with van der Waals surface area (Å²) >= 11 is 1.33. The van der Waals surface area contributed by atoms with Gasteiger partial charge in [0.2, 0.25) is 16.9 Å². The van der Waals surface area contributed by atoms with Gasteiger partial charge in [-0.25, -0.2) is 0 Å². The number of nitrogens with one attached hydrogen (secondary N) is 1. The second-order valence-electron chi connectivity index (χ2n) is 8.99. The molecule has 0 unspecified atom stereocenters. The van der Waals surface area contributed by atoms with E-state index < -0.39 is 0 Å². The maximum absolute atomic E-state index is 12.9. The van der Waals surface area contributed by atoms with Crippen LogP contribution < -0.4 is 14.8 Å². The fourth-order valence-corrected chi connectivity index (χ4v) is 4.41. The lowest BCUT2D eigenvalue weighted by molar-refractivity contribution is -0.132. The van der Waals surface area contributed by atoms with Crippen LogP contribution in [0.2, 0.25) is 0 Å². The fraction of sp³-hybridized carbons (Fsp3) is 0.407. The SMILES string of the molecule is COc1ccc(CCN(CCC(=O)Nc2nnc(-c3ccc(C)cc3)s2)C(=O)CC(C)C)cc1OC. The number of rotatable bonds is 12. The molecule has 8 nitrogen and oxygen atoms in total. The third-order valence-electron chi connectivity index (χ3n) is 5.63. The van der Waals surface area contributed by atoms with Gasteiger partial charge in [-0.05, 0) is 37.0 Å². The van der Waals surface area contributed by atoms with Gasteiger partial charge in [0.05, 0.1) is 14.2 Å². The number of hydrogen-bond donors (Lipinski definition) is 1. The summed E-state index contributed by atoms with van der Waals surface area (Å²) in [6.07, 6.45) is 1.25. The molecule has 9 heteroatoms. The van der Waals surface area contributed by atoms with E-state index in [0.717, 1.165) is 16.1 Å². The van der Waals surface area contributed by atoms with Crippen molar-refractivity contribution in [3.05, 3.63) is 53.6 Å². The Labute approximate surface area is 216 Å². The van der Waals surface area contributed by atoms with Crippen molar-refractivity contribution in [2.45, 2.75) is 40.0 Å². The van der Waals surface area contributed by atoms with Crippen LogP contribution in [0, 0.1) is 12.8 Å². The zero-order valence-corrected chi connectivity index (χ0v) is 22.4. The lowest BCUT2D eigenvalue weighted by atomic mass is 10.1. The number of methoxy groups -OCH3 is 2. The first-order valence-corrected chi connectivity index (χ1v) is 12.8. The molecule has 0 aliphatic heterocycles. The van der Waals surface area contributed by atoms with Crippen molar-refractivity contribution in [3.63, 3.8) is 0 Å². The molecule has 0 saturated heterocycles. The minimum absolute atomic E-state index is 0.0378. The van der Waals surface area contributed by atoms with Crippen LogP contribution in [-0.2, 0) is 16.0 Å². The predicted octanol–water partition coefficient (Wildman–Crippen LogP) is 4.98. The molecule has 0 radical (unpaired) electrons. The van der Waals surface area contributed by atoms with Gasteiger partial charge in [-0.1, -0.05) is 61.1 Å². The first-order chi connectivity index (χ1) is 17.3. The van der Waals surface area contributed by atoms with Crippen molar-refractivity contribution in [3.8, 4) is 22.1 Å². The van der Waals surface area contributed by atoms with Crippen LogP contribution in [0.25, 0.3) is 10.6 Å². The minimum atomic E-state index is -0.199. The molecular formula is C27H34N4O4S. The molecule has 2 aromatic carbocycles. The highest BCUT2D eigenvalue weighted by Gasteiger charge is 2.18. The molecular weight excluding hydrogens is 476 g/mol. The molecule has 0 spiro atoms. The number of hydrogen-bond acceptors (Lipinski definition) is 7. The molecule has 36 heavy (non-hydrogen) atoms. The summed E-state index contributed by atoms with van der Waals surface area (Å²) in [5, 5.41) is 12.3. The molecule has 0 saturated carbocycles. The van der Waals surface area contributed by atoms with Crippen molar-refractivity contribution in [1.29, 1.82) is 0 Å². The van der Waals surface area contributed by atoms with Crippen LogP contribution in [0.3, 0.4) is 0 Å². The lowest BCUT2D eigenvalue weighted by Gasteiger charge is -2.23. The number of amides is 2. The molecule has 3 rings (SSSR count). The average molecular weight is 511 g/mol. The normalized spacial score (nSPS) is 10.8. The quantitative estimate of drug-likeness (QED) is 0.370. The van der Waals surface area contributed by atoms with Gasteiger partial charge >= 0.3 is 0 Å². The van der Waals surface area contributed by atoms with Gasteiger partial charge in [0.25, 0.3) is 0 Å². The third kappa shape index (κ3) is 7.78. The molecule has 3 aromatic rings. The Morgan fingerprint density at radius 3 is 2.39 bits per heavy atom. The monoisotopic (exact) mass is 510 g/mol. The van der Waals surface area contributed by atoms with Crippen LogP contribution in [0.1, 0.15) is 37.8 Å². The van der Waals surface area contributed by atoms with E-state index in [4.69, 9.17) is 9.47 Å². The molecule has 1 heterocycles. The van der Waals surface area contributed by atoms with Crippen molar-refractivity contribution in [1.82, 2.24) is 15.1 Å². The molecule has 0 aliphatic carbocycles. The zero-order valence-electron chi connectivity index (χ0n) is 21.5. The van der Waals surface area contributed by atoms with Crippen LogP contribution in [-0.4, -0.2) is 54.2 Å². The maximum atomic E-state index is 12.9. The van der Waals surface area contributed by atoms with E-state index in [1.165, 1.54) is 16.9 Å². The number of benzene rings is 2. The van der Waals surface area contributed by atoms with Crippen LogP contribution in [0.5, 0.6) is 11.5 Å². The minimum Gasteiger partial charge on any atom is -0.493 e. The standard InChI is InChI=1S/C27H34N4O4S/c1-18(2)16-25(33)31(14-12-20-8-11-22(34-4)23(17-20)35-5)15-13-24(32)28-27-30-29-26(36-27)21-9-6-19(3)7-10-21/h6-11,17-18H,12-16H2,1-5H3,(H,28,30,32). The van der Waals surface area contributed by atoms with Crippen molar-refractivity contribution < 1.29 is 19.1 Å². The highest BCUT2D eigenvalue weighted by Crippen LogP contribution is 2.28. The molecule has 0 fully saturated rings. The molecule has 0 atom stereocenters. The van der Waals surface area contributed by atoms with Gasteiger partial charge < -0.3 is 19.7 Å². The number of carbonyl (C=O) groups is 2. The third-order valence-corrected chi connectivity index (χ3v) is 6.52. The Morgan fingerprint density at radius 1 is 1.00 bits per heavy atom. The Kier molecular flexibility index (Phi) is 9.81. The summed E-state index contributed by atoms with van der Waals surface area (Å²) in [4.78, 5) is 27.3. The van der Waals surface area contributed by atoms with Crippen molar-refractivity contribution in [2.24, 2.45) is 5.92 Å². The fourth-order valence-electron chi connectivity index (χ4n) is 3.64. The number of nitrogens with zero attached hydrogens (tertiary/aromatic N) is 3. The molecule has 0 bridgehead atoms.